The van der Waals surface area contributed by atoms with Gasteiger partial charge in [0.15, 0.2) is 0 Å². The van der Waals surface area contributed by atoms with Crippen LogP contribution in [0.15, 0.2) is 237 Å². The molecule has 16 aromatic rings. The smallest absolute Gasteiger partial charge is 0.109 e. The van der Waals surface area contributed by atoms with Crippen LogP contribution in [0.4, 0.5) is 0 Å². The van der Waals surface area contributed by atoms with E-state index in [4.69, 9.17) is 0 Å². The molecule has 81 heavy (non-hydrogen) atoms. The van der Waals surface area contributed by atoms with Gasteiger partial charge in [-0.1, -0.05) is 188 Å². The van der Waals surface area contributed by atoms with Gasteiger partial charge in [-0.3, -0.25) is 0 Å². The van der Waals surface area contributed by atoms with Crippen LogP contribution in [-0.2, 0) is 9.13 Å². The van der Waals surface area contributed by atoms with E-state index in [-0.39, 0.29) is 0 Å². The minimum absolute atomic E-state index is 0.862. The van der Waals surface area contributed by atoms with Gasteiger partial charge in [-0.2, -0.15) is 0 Å². The molecule has 2 nitrogen and oxygen atoms in total. The molecule has 0 aromatic heterocycles. The monoisotopic (exact) mass is 1070 g/mol. The second-order valence-electron chi connectivity index (χ2n) is 23.3. The van der Waals surface area contributed by atoms with Crippen molar-refractivity contribution < 1.29 is 9.13 Å². The van der Waals surface area contributed by atoms with Gasteiger partial charge in [0.25, 0.3) is 0 Å². The van der Waals surface area contributed by atoms with Gasteiger partial charge in [-0.05, 0) is 251 Å². The van der Waals surface area contributed by atoms with Gasteiger partial charge in [-0.25, -0.2) is 0 Å². The topological polar surface area (TPSA) is 34.1 Å². The molecule has 4 heteroatoms. The summed E-state index contributed by atoms with van der Waals surface area (Å²) >= 11 is 0. The Morgan fingerprint density at radius 1 is 0.247 bits per heavy atom. The zero-order valence-corrected chi connectivity index (χ0v) is 47.5. The van der Waals surface area contributed by atoms with Crippen molar-refractivity contribution in [3.8, 4) is 55.6 Å². The quantitative estimate of drug-likeness (QED) is 0.118. The third kappa shape index (κ3) is 7.34. The van der Waals surface area contributed by atoms with Crippen LogP contribution in [0.25, 0.3) is 163 Å². The Bertz CT molecular complexity index is 5470. The fourth-order valence-corrected chi connectivity index (χ4v) is 15.8. The lowest BCUT2D eigenvalue weighted by Gasteiger charge is -2.21. The lowest BCUT2D eigenvalue weighted by atomic mass is 9.83. The molecule has 0 amide bonds. The van der Waals surface area contributed by atoms with E-state index in [0.717, 1.165) is 71.3 Å². The molecule has 0 unspecified atom stereocenters. The van der Waals surface area contributed by atoms with Crippen molar-refractivity contribution >= 4 is 133 Å². The van der Waals surface area contributed by atoms with E-state index in [1.165, 1.54) is 108 Å². The number of benzene rings is 16. The molecule has 0 radical (unpaired) electrons. The average Bonchev–Trinajstić information content (AvgIpc) is 3.55. The van der Waals surface area contributed by atoms with E-state index in [9.17, 15) is 9.13 Å². The number of aryl methyl sites for hydroxylation is 1. The highest BCUT2D eigenvalue weighted by atomic mass is 31.2. The van der Waals surface area contributed by atoms with Gasteiger partial charge in [-0.15, -0.1) is 0 Å². The number of hydrogen-bond donors (Lipinski definition) is 0. The predicted octanol–water partition coefficient (Wildman–Crippen LogP) is 21.2. The molecule has 0 aliphatic heterocycles. The second kappa shape index (κ2) is 17.5. The fourth-order valence-electron chi connectivity index (χ4n) is 14.0. The molecule has 0 atom stereocenters. The molecular formula is C77H54O2P2. The standard InChI is InChI=1S/C77H54O2P2/c1-45-58-20-8-9-22-62(58)63-23-10-11-24-64(63)72(45)55-38-54(41-57(42-55)81(4,5)79)70-43-50-15-6-7-21-61(50)76-65(70)25-14-26-66(76)71-44-51-19-13-18-48-31-34-68-60(35-36-69(71)77(68)74(48)51)53-37-52(39-56(40-53)80(2,3)78)59-32-29-49-28-27-46-16-12-17-47-30-33-67(59)75(49)73(46)47/h6-44H,1-5H3. The highest BCUT2D eigenvalue weighted by Gasteiger charge is 2.25. The molecule has 384 valence electrons. The first-order chi connectivity index (χ1) is 39.3. The Balaban J connectivity index is 0.935. The molecule has 0 saturated carbocycles. The minimum atomic E-state index is -2.75. The van der Waals surface area contributed by atoms with E-state index >= 15 is 0 Å². The largest absolute Gasteiger partial charge is 0.319 e. The molecule has 16 rings (SSSR count). The van der Waals surface area contributed by atoms with E-state index in [1.807, 2.05) is 26.7 Å². The molecule has 0 aliphatic rings. The van der Waals surface area contributed by atoms with Crippen molar-refractivity contribution in [1.29, 1.82) is 0 Å². The molecule has 0 fully saturated rings. The van der Waals surface area contributed by atoms with Crippen LogP contribution in [0.2, 0.25) is 0 Å². The zero-order valence-electron chi connectivity index (χ0n) is 45.7. The lowest BCUT2D eigenvalue weighted by molar-refractivity contribution is 0.587. The Labute approximate surface area is 470 Å². The van der Waals surface area contributed by atoms with Crippen LogP contribution in [0.1, 0.15) is 5.56 Å². The fraction of sp³-hybridized carbons (Fsp3) is 0.0649. The van der Waals surface area contributed by atoms with Gasteiger partial charge in [0.1, 0.15) is 14.3 Å². The van der Waals surface area contributed by atoms with Crippen molar-refractivity contribution in [1.82, 2.24) is 0 Å². The van der Waals surface area contributed by atoms with E-state index < -0.39 is 14.3 Å². The normalized spacial score (nSPS) is 12.6. The summed E-state index contributed by atoms with van der Waals surface area (Å²) in [7, 11) is -5.48. The molecular weight excluding hydrogens is 1020 g/mol. The highest BCUT2D eigenvalue weighted by Crippen LogP contribution is 2.50. The number of fused-ring (bicyclic) bond motifs is 6. The molecule has 0 spiro atoms. The molecule has 0 N–H and O–H groups in total. The SMILES string of the molecule is Cc1c(-c2cc(-c3cc4ccccc4c4c(-c5cc6cccc7ccc8c(-c9cc(-c%10ccc%11ccc%12cccc%13ccc%10c%11c%12%13)cc(P(C)(C)=O)c9)ccc5c8c76)cccc34)cc(P(C)(C)=O)c2)c2ccccc2c2ccccc12. The first kappa shape index (κ1) is 48.0. The summed E-state index contributed by atoms with van der Waals surface area (Å²) in [4.78, 5) is 0. The summed E-state index contributed by atoms with van der Waals surface area (Å²) in [5, 5.41) is 25.9. The second-order valence-corrected chi connectivity index (χ2v) is 29.8. The van der Waals surface area contributed by atoms with Crippen molar-refractivity contribution in [3.63, 3.8) is 0 Å². The van der Waals surface area contributed by atoms with Crippen LogP contribution in [0, 0.1) is 6.92 Å². The third-order valence-electron chi connectivity index (χ3n) is 17.8. The molecule has 16 aromatic carbocycles. The van der Waals surface area contributed by atoms with E-state index in [2.05, 4.69) is 244 Å². The summed E-state index contributed by atoms with van der Waals surface area (Å²) in [5.41, 5.74) is 12.3. The number of hydrogen-bond acceptors (Lipinski definition) is 2. The first-order valence-electron chi connectivity index (χ1n) is 28.0. The summed E-state index contributed by atoms with van der Waals surface area (Å²) in [6, 6.07) is 87.2. The van der Waals surface area contributed by atoms with Crippen LogP contribution >= 0.6 is 14.3 Å². The summed E-state index contributed by atoms with van der Waals surface area (Å²) in [5.74, 6) is 0. The Hall–Kier alpha value is -8.90. The maximum absolute atomic E-state index is 14.5. The summed E-state index contributed by atoms with van der Waals surface area (Å²) < 4.78 is 28.9. The third-order valence-corrected chi connectivity index (χ3v) is 20.8. The van der Waals surface area contributed by atoms with Crippen LogP contribution in [0.3, 0.4) is 0 Å². The van der Waals surface area contributed by atoms with Crippen LogP contribution in [-0.4, -0.2) is 26.7 Å². The molecule has 0 saturated heterocycles. The van der Waals surface area contributed by atoms with Gasteiger partial charge in [0.2, 0.25) is 0 Å². The summed E-state index contributed by atoms with van der Waals surface area (Å²) in [6.07, 6.45) is 0. The average molecular weight is 1070 g/mol. The molecule has 0 aliphatic carbocycles. The van der Waals surface area contributed by atoms with Crippen molar-refractivity contribution in [3.05, 3.63) is 242 Å². The number of rotatable bonds is 7. The van der Waals surface area contributed by atoms with E-state index in [0.29, 0.717) is 0 Å². The molecule has 0 heterocycles. The minimum Gasteiger partial charge on any atom is -0.319 e. The Morgan fingerprint density at radius 3 is 1.32 bits per heavy atom. The van der Waals surface area contributed by atoms with Crippen molar-refractivity contribution in [2.45, 2.75) is 6.92 Å². The Morgan fingerprint density at radius 2 is 0.654 bits per heavy atom. The maximum Gasteiger partial charge on any atom is 0.109 e. The van der Waals surface area contributed by atoms with Crippen LogP contribution in [0.5, 0.6) is 0 Å². The van der Waals surface area contributed by atoms with Crippen LogP contribution < -0.4 is 10.6 Å². The molecule has 0 bridgehead atoms. The summed E-state index contributed by atoms with van der Waals surface area (Å²) in [6.45, 7) is 9.82. The van der Waals surface area contributed by atoms with Gasteiger partial charge >= 0.3 is 0 Å². The van der Waals surface area contributed by atoms with Gasteiger partial charge in [0.05, 0.1) is 0 Å². The van der Waals surface area contributed by atoms with Gasteiger partial charge in [0, 0.05) is 10.6 Å². The van der Waals surface area contributed by atoms with E-state index in [1.54, 1.807) is 0 Å². The lowest BCUT2D eigenvalue weighted by Crippen LogP contribution is -2.05. The highest BCUT2D eigenvalue weighted by molar-refractivity contribution is 7.70. The zero-order chi connectivity index (χ0) is 54.6. The van der Waals surface area contributed by atoms with Gasteiger partial charge < -0.3 is 9.13 Å². The Kier molecular flexibility index (Phi) is 10.4. The van der Waals surface area contributed by atoms with Crippen molar-refractivity contribution in [2.24, 2.45) is 0 Å². The predicted molar refractivity (Wildman–Crippen MR) is 354 cm³/mol. The van der Waals surface area contributed by atoms with Crippen molar-refractivity contribution in [2.75, 3.05) is 26.7 Å². The maximum atomic E-state index is 14.5. The first-order valence-corrected chi connectivity index (χ1v) is 33.2.